The largest absolute Gasteiger partial charge is 0.496 e. The highest BCUT2D eigenvalue weighted by Gasteiger charge is 2.28. The van der Waals surface area contributed by atoms with E-state index in [2.05, 4.69) is 15.6 Å². The molecule has 0 fully saturated rings. The number of aromatic carboxylic acids is 1. The SMILES string of the molecule is COc1cc(CC(=O)N2CCc3c(n(Cc4cccc(Cl)c4)c4ncccc34)C2)cc(OC)c1C(=O)O. The average Bonchev–Trinajstić information content (AvgIpc) is 3.20. The van der Waals surface area contributed by atoms with Crippen LogP contribution in [-0.2, 0) is 30.7 Å². The number of rotatable bonds is 7. The van der Waals surface area contributed by atoms with Crippen LogP contribution in [0.25, 0.3) is 11.0 Å². The summed E-state index contributed by atoms with van der Waals surface area (Å²) in [7, 11) is 2.79. The number of carbonyl (C=O) groups excluding carboxylic acids is 1. The number of methoxy groups -OCH3 is 2. The summed E-state index contributed by atoms with van der Waals surface area (Å²) in [6, 6.07) is 14.9. The zero-order valence-electron chi connectivity index (χ0n) is 20.5. The van der Waals surface area contributed by atoms with E-state index >= 15 is 0 Å². The highest BCUT2D eigenvalue weighted by Crippen LogP contribution is 2.33. The maximum atomic E-state index is 13.4. The number of amides is 1. The summed E-state index contributed by atoms with van der Waals surface area (Å²) in [4.78, 5) is 31.6. The minimum Gasteiger partial charge on any atom is -0.496 e. The molecule has 0 saturated heterocycles. The van der Waals surface area contributed by atoms with E-state index in [1.54, 1.807) is 18.3 Å². The Balaban J connectivity index is 1.45. The summed E-state index contributed by atoms with van der Waals surface area (Å²) in [6.45, 7) is 1.63. The first-order chi connectivity index (χ1) is 17.9. The van der Waals surface area contributed by atoms with E-state index in [-0.39, 0.29) is 29.4 Å². The third kappa shape index (κ3) is 4.72. The number of fused-ring (bicyclic) bond motifs is 3. The lowest BCUT2D eigenvalue weighted by Crippen LogP contribution is -2.37. The number of hydrogen-bond donors (Lipinski definition) is 1. The minimum atomic E-state index is -1.16. The van der Waals surface area contributed by atoms with Gasteiger partial charge in [0.25, 0.3) is 0 Å². The van der Waals surface area contributed by atoms with Gasteiger partial charge in [-0.05, 0) is 59.5 Å². The van der Waals surface area contributed by atoms with Gasteiger partial charge in [0.05, 0.1) is 27.2 Å². The fourth-order valence-corrected chi connectivity index (χ4v) is 5.24. The van der Waals surface area contributed by atoms with Gasteiger partial charge in [-0.2, -0.15) is 0 Å². The lowest BCUT2D eigenvalue weighted by Gasteiger charge is -2.29. The van der Waals surface area contributed by atoms with E-state index in [0.29, 0.717) is 30.2 Å². The molecular weight excluding hydrogens is 494 g/mol. The summed E-state index contributed by atoms with van der Waals surface area (Å²) in [5.74, 6) is -0.909. The van der Waals surface area contributed by atoms with Crippen LogP contribution >= 0.6 is 11.6 Å². The van der Waals surface area contributed by atoms with Crippen LogP contribution in [0.5, 0.6) is 11.5 Å². The molecular formula is C28H26ClN3O5. The molecule has 5 rings (SSSR count). The van der Waals surface area contributed by atoms with E-state index < -0.39 is 5.97 Å². The van der Waals surface area contributed by atoms with Crippen molar-refractivity contribution in [1.29, 1.82) is 0 Å². The number of ether oxygens (including phenoxy) is 2. The van der Waals surface area contributed by atoms with Gasteiger partial charge in [0, 0.05) is 35.4 Å². The van der Waals surface area contributed by atoms with Crippen LogP contribution in [0.2, 0.25) is 5.02 Å². The molecule has 8 nitrogen and oxygen atoms in total. The second-order valence-corrected chi connectivity index (χ2v) is 9.37. The predicted molar refractivity (Wildman–Crippen MR) is 140 cm³/mol. The molecule has 1 amide bonds. The predicted octanol–water partition coefficient (Wildman–Crippen LogP) is 4.58. The Morgan fingerprint density at radius 3 is 2.49 bits per heavy atom. The number of carbonyl (C=O) groups is 2. The Morgan fingerprint density at radius 1 is 1.05 bits per heavy atom. The molecule has 0 unspecified atom stereocenters. The molecule has 37 heavy (non-hydrogen) atoms. The number of carboxylic acids is 1. The van der Waals surface area contributed by atoms with Crippen LogP contribution in [0, 0.1) is 0 Å². The standard InChI is InChI=1S/C28H26ClN3O5/c1-36-23-12-18(13-24(37-2)26(23)28(34)35)14-25(33)31-10-8-20-21-7-4-9-30-27(21)32(22(20)16-31)15-17-5-3-6-19(29)11-17/h3-7,9,11-13H,8,10,14-16H2,1-2H3,(H,34,35). The van der Waals surface area contributed by atoms with Gasteiger partial charge >= 0.3 is 5.97 Å². The highest BCUT2D eigenvalue weighted by molar-refractivity contribution is 6.30. The monoisotopic (exact) mass is 519 g/mol. The Kier molecular flexibility index (Phi) is 6.76. The molecule has 3 heterocycles. The minimum absolute atomic E-state index is 0.0645. The smallest absolute Gasteiger partial charge is 0.343 e. The fourth-order valence-electron chi connectivity index (χ4n) is 5.03. The lowest BCUT2D eigenvalue weighted by molar-refractivity contribution is -0.131. The van der Waals surface area contributed by atoms with Gasteiger partial charge in [0.2, 0.25) is 5.91 Å². The molecule has 2 aromatic heterocycles. The first kappa shape index (κ1) is 24.6. The van der Waals surface area contributed by atoms with Gasteiger partial charge < -0.3 is 24.0 Å². The molecule has 1 N–H and O–H groups in total. The molecule has 0 radical (unpaired) electrons. The van der Waals surface area contributed by atoms with Crippen molar-refractivity contribution in [2.75, 3.05) is 20.8 Å². The van der Waals surface area contributed by atoms with Crippen LogP contribution in [0.15, 0.2) is 54.7 Å². The summed E-state index contributed by atoms with van der Waals surface area (Å²) < 4.78 is 12.7. The van der Waals surface area contributed by atoms with Crippen LogP contribution in [0.1, 0.15) is 32.7 Å². The zero-order valence-corrected chi connectivity index (χ0v) is 21.3. The van der Waals surface area contributed by atoms with Gasteiger partial charge in [0.1, 0.15) is 22.7 Å². The van der Waals surface area contributed by atoms with Crippen molar-refractivity contribution in [2.45, 2.75) is 25.9 Å². The van der Waals surface area contributed by atoms with E-state index in [0.717, 1.165) is 28.7 Å². The molecule has 0 bridgehead atoms. The summed E-state index contributed by atoms with van der Waals surface area (Å²) in [5, 5.41) is 11.3. The average molecular weight is 520 g/mol. The molecule has 0 saturated carbocycles. The van der Waals surface area contributed by atoms with E-state index in [1.807, 2.05) is 35.2 Å². The first-order valence-electron chi connectivity index (χ1n) is 11.8. The van der Waals surface area contributed by atoms with Crippen molar-refractivity contribution in [3.63, 3.8) is 0 Å². The Hall–Kier alpha value is -4.04. The van der Waals surface area contributed by atoms with Gasteiger partial charge in [-0.25, -0.2) is 9.78 Å². The molecule has 0 spiro atoms. The van der Waals surface area contributed by atoms with Crippen molar-refractivity contribution >= 4 is 34.5 Å². The van der Waals surface area contributed by atoms with Crippen LogP contribution in [0.3, 0.4) is 0 Å². The molecule has 1 aliphatic heterocycles. The maximum Gasteiger partial charge on any atom is 0.343 e. The molecule has 9 heteroatoms. The normalized spacial score (nSPS) is 12.9. The molecule has 0 atom stereocenters. The Labute approximate surface area is 219 Å². The van der Waals surface area contributed by atoms with E-state index in [9.17, 15) is 14.7 Å². The molecule has 0 aliphatic carbocycles. The number of halogens is 1. The second kappa shape index (κ2) is 10.1. The molecule has 190 valence electrons. The lowest BCUT2D eigenvalue weighted by atomic mass is 10.0. The zero-order chi connectivity index (χ0) is 26.1. The number of pyridine rings is 1. The van der Waals surface area contributed by atoms with Gasteiger partial charge in [-0.1, -0.05) is 23.7 Å². The summed E-state index contributed by atoms with van der Waals surface area (Å²) >= 11 is 6.23. The quantitative estimate of drug-likeness (QED) is 0.384. The van der Waals surface area contributed by atoms with Gasteiger partial charge in [-0.3, -0.25) is 4.79 Å². The third-order valence-electron chi connectivity index (χ3n) is 6.73. The summed E-state index contributed by atoms with van der Waals surface area (Å²) in [6.07, 6.45) is 2.60. The number of aromatic nitrogens is 2. The van der Waals surface area contributed by atoms with Crippen LogP contribution in [-0.4, -0.2) is 52.2 Å². The number of carboxylic acid groups (broad SMARTS) is 1. The van der Waals surface area contributed by atoms with Crippen molar-refractivity contribution in [3.8, 4) is 11.5 Å². The molecule has 2 aromatic carbocycles. The molecule has 4 aromatic rings. The van der Waals surface area contributed by atoms with E-state index in [1.165, 1.54) is 19.8 Å². The van der Waals surface area contributed by atoms with Crippen LogP contribution in [0.4, 0.5) is 0 Å². The third-order valence-corrected chi connectivity index (χ3v) is 6.97. The van der Waals surface area contributed by atoms with Crippen molar-refractivity contribution in [2.24, 2.45) is 0 Å². The second-order valence-electron chi connectivity index (χ2n) is 8.94. The highest BCUT2D eigenvalue weighted by atomic mass is 35.5. The van der Waals surface area contributed by atoms with Crippen molar-refractivity contribution in [3.05, 3.63) is 87.7 Å². The number of hydrogen-bond acceptors (Lipinski definition) is 5. The number of benzene rings is 2. The summed E-state index contributed by atoms with van der Waals surface area (Å²) in [5.41, 5.74) is 4.77. The van der Waals surface area contributed by atoms with E-state index in [4.69, 9.17) is 21.1 Å². The fraction of sp³-hybridized carbons (Fsp3) is 0.250. The van der Waals surface area contributed by atoms with Gasteiger partial charge in [0.15, 0.2) is 0 Å². The topological polar surface area (TPSA) is 93.9 Å². The van der Waals surface area contributed by atoms with Crippen LogP contribution < -0.4 is 9.47 Å². The van der Waals surface area contributed by atoms with Crippen molar-refractivity contribution < 1.29 is 24.2 Å². The molecule has 1 aliphatic rings. The Bertz CT molecular complexity index is 1490. The Morgan fingerprint density at radius 2 is 1.81 bits per heavy atom. The first-order valence-corrected chi connectivity index (χ1v) is 12.2. The van der Waals surface area contributed by atoms with Gasteiger partial charge in [-0.15, -0.1) is 0 Å². The number of nitrogens with zero attached hydrogens (tertiary/aromatic N) is 3. The van der Waals surface area contributed by atoms with Crippen molar-refractivity contribution in [1.82, 2.24) is 14.5 Å². The maximum absolute atomic E-state index is 13.4.